The zero-order valence-corrected chi connectivity index (χ0v) is 18.7. The molecule has 0 N–H and O–H groups in total. The van der Waals surface area contributed by atoms with E-state index in [1.165, 1.54) is 11.8 Å². The fraction of sp³-hybridized carbons (Fsp3) is 0.368. The summed E-state index contributed by atoms with van der Waals surface area (Å²) in [6.07, 6.45) is 0. The lowest BCUT2D eigenvalue weighted by molar-refractivity contribution is 0.503. The molecule has 4 aromatic rings. The number of hydrogen-bond donors (Lipinski definition) is 0. The second kappa shape index (κ2) is 7.46. The Morgan fingerprint density at radius 3 is 2.68 bits per heavy atom. The van der Waals surface area contributed by atoms with Gasteiger partial charge in [0.2, 0.25) is 5.89 Å². The van der Waals surface area contributed by atoms with Crippen molar-refractivity contribution in [1.29, 1.82) is 0 Å². The van der Waals surface area contributed by atoms with E-state index in [1.54, 1.807) is 27.2 Å². The van der Waals surface area contributed by atoms with Crippen molar-refractivity contribution in [1.82, 2.24) is 19.7 Å². The number of aromatic nitrogens is 4. The van der Waals surface area contributed by atoms with Crippen molar-refractivity contribution < 1.29 is 4.42 Å². The van der Waals surface area contributed by atoms with Gasteiger partial charge in [0.1, 0.15) is 4.83 Å². The predicted octanol–water partition coefficient (Wildman–Crippen LogP) is 5.62. The maximum absolute atomic E-state index is 13.2. The van der Waals surface area contributed by atoms with Crippen molar-refractivity contribution in [2.45, 2.75) is 51.1 Å². The highest BCUT2D eigenvalue weighted by molar-refractivity contribution is 7.99. The molecule has 0 aliphatic carbocycles. The lowest BCUT2D eigenvalue weighted by Gasteiger charge is -2.16. The van der Waals surface area contributed by atoms with Crippen molar-refractivity contribution in [3.8, 4) is 10.8 Å². The molecule has 0 spiro atoms. The van der Waals surface area contributed by atoms with Crippen LogP contribution in [0.2, 0.25) is 0 Å². The van der Waals surface area contributed by atoms with Gasteiger partial charge in [0.05, 0.1) is 15.5 Å². The van der Waals surface area contributed by atoms with Gasteiger partial charge in [0.25, 0.3) is 11.4 Å². The van der Waals surface area contributed by atoms with Gasteiger partial charge < -0.3 is 4.42 Å². The van der Waals surface area contributed by atoms with Crippen LogP contribution in [0, 0.1) is 13.8 Å². The van der Waals surface area contributed by atoms with Gasteiger partial charge in [-0.3, -0.25) is 9.36 Å². The number of rotatable bonds is 5. The monoisotopic (exact) mass is 432 g/mol. The van der Waals surface area contributed by atoms with Crippen LogP contribution < -0.4 is 5.56 Å². The molecule has 6 nitrogen and oxygen atoms in total. The molecule has 1 unspecified atom stereocenters. The van der Waals surface area contributed by atoms with E-state index in [9.17, 15) is 4.79 Å². The molecule has 0 radical (unpaired) electrons. The van der Waals surface area contributed by atoms with Crippen molar-refractivity contribution in [3.05, 3.63) is 44.2 Å². The highest BCUT2D eigenvalue weighted by Gasteiger charge is 2.23. The van der Waals surface area contributed by atoms with Crippen molar-refractivity contribution >= 4 is 44.7 Å². The van der Waals surface area contributed by atoms with E-state index in [1.807, 2.05) is 52.1 Å². The van der Waals surface area contributed by atoms with Crippen molar-refractivity contribution in [3.63, 3.8) is 0 Å². The average molecular weight is 433 g/mol. The zero-order chi connectivity index (χ0) is 20.0. The highest BCUT2D eigenvalue weighted by Crippen LogP contribution is 2.37. The van der Waals surface area contributed by atoms with Crippen LogP contribution in [0.5, 0.6) is 0 Å². The third-order valence-corrected chi connectivity index (χ3v) is 7.53. The molecule has 0 saturated heterocycles. The van der Waals surface area contributed by atoms with Crippen LogP contribution in [0.1, 0.15) is 48.4 Å². The Hall–Kier alpha value is -1.97. The van der Waals surface area contributed by atoms with E-state index >= 15 is 0 Å². The van der Waals surface area contributed by atoms with E-state index in [0.29, 0.717) is 16.9 Å². The van der Waals surface area contributed by atoms with Gasteiger partial charge in [-0.25, -0.2) is 4.98 Å². The first-order chi connectivity index (χ1) is 13.4. The summed E-state index contributed by atoms with van der Waals surface area (Å²) in [4.78, 5) is 20.8. The van der Waals surface area contributed by atoms with E-state index < -0.39 is 0 Å². The van der Waals surface area contributed by atoms with E-state index in [0.717, 1.165) is 25.5 Å². The number of aryl methyl sites for hydroxylation is 2. The number of thioether (sulfide) groups is 1. The summed E-state index contributed by atoms with van der Waals surface area (Å²) >= 11 is 4.60. The first-order valence-corrected chi connectivity index (χ1v) is 11.5. The molecule has 9 heteroatoms. The molecule has 4 heterocycles. The molecular formula is C19H20N4O2S3. The first-order valence-electron chi connectivity index (χ1n) is 8.93. The summed E-state index contributed by atoms with van der Waals surface area (Å²) in [5, 5.41) is 11.6. The normalized spacial score (nSPS) is 12.9. The Kier molecular flexibility index (Phi) is 5.15. The molecule has 0 amide bonds. The summed E-state index contributed by atoms with van der Waals surface area (Å²) in [6, 6.07) is 3.91. The molecule has 0 bridgehead atoms. The Bertz CT molecular complexity index is 1190. The van der Waals surface area contributed by atoms with Gasteiger partial charge >= 0.3 is 0 Å². The SMILES string of the molecule is Cc1sc2nc(SC(C)c3nnc(-c4cccs4)o3)n(C(C)C)c(=O)c2c1C. The van der Waals surface area contributed by atoms with Gasteiger partial charge in [-0.05, 0) is 51.6 Å². The van der Waals surface area contributed by atoms with Crippen LogP contribution in [0.3, 0.4) is 0 Å². The standard InChI is InChI=1S/C19H20N4O2S3/c1-9(2)23-18(24)14-10(3)11(4)27-17(14)20-19(23)28-12(5)15-21-22-16(25-15)13-7-6-8-26-13/h6-9,12H,1-5H3. The minimum Gasteiger partial charge on any atom is -0.419 e. The molecular weight excluding hydrogens is 412 g/mol. The average Bonchev–Trinajstić information content (AvgIpc) is 3.36. The minimum atomic E-state index is -0.127. The maximum Gasteiger partial charge on any atom is 0.263 e. The molecule has 146 valence electrons. The molecule has 28 heavy (non-hydrogen) atoms. The van der Waals surface area contributed by atoms with Crippen LogP contribution in [0.25, 0.3) is 21.0 Å². The number of nitrogens with zero attached hydrogens (tertiary/aromatic N) is 4. The number of fused-ring (bicyclic) bond motifs is 1. The van der Waals surface area contributed by atoms with Crippen LogP contribution >= 0.6 is 34.4 Å². The van der Waals surface area contributed by atoms with Gasteiger partial charge in [-0.15, -0.1) is 32.9 Å². The largest absolute Gasteiger partial charge is 0.419 e. The van der Waals surface area contributed by atoms with Crippen molar-refractivity contribution in [2.24, 2.45) is 0 Å². The maximum atomic E-state index is 13.2. The van der Waals surface area contributed by atoms with E-state index in [2.05, 4.69) is 10.2 Å². The molecule has 0 aliphatic heterocycles. The van der Waals surface area contributed by atoms with Gasteiger partial charge in [-0.1, -0.05) is 17.8 Å². The summed E-state index contributed by atoms with van der Waals surface area (Å²) in [7, 11) is 0. The van der Waals surface area contributed by atoms with Crippen LogP contribution in [0.4, 0.5) is 0 Å². The van der Waals surface area contributed by atoms with E-state index in [4.69, 9.17) is 9.40 Å². The smallest absolute Gasteiger partial charge is 0.263 e. The molecule has 1 atom stereocenters. The van der Waals surface area contributed by atoms with Crippen LogP contribution in [-0.4, -0.2) is 19.7 Å². The van der Waals surface area contributed by atoms with E-state index in [-0.39, 0.29) is 16.9 Å². The fourth-order valence-electron chi connectivity index (χ4n) is 2.93. The van der Waals surface area contributed by atoms with Gasteiger partial charge in [0, 0.05) is 10.9 Å². The topological polar surface area (TPSA) is 73.8 Å². The second-order valence-corrected chi connectivity index (χ2v) is 10.3. The highest BCUT2D eigenvalue weighted by atomic mass is 32.2. The van der Waals surface area contributed by atoms with Crippen molar-refractivity contribution in [2.75, 3.05) is 0 Å². The van der Waals surface area contributed by atoms with Crippen LogP contribution in [-0.2, 0) is 0 Å². The fourth-order valence-corrected chi connectivity index (χ4v) is 5.72. The predicted molar refractivity (Wildman–Crippen MR) is 116 cm³/mol. The zero-order valence-electron chi connectivity index (χ0n) is 16.2. The quantitative estimate of drug-likeness (QED) is 0.301. The summed E-state index contributed by atoms with van der Waals surface area (Å²) in [5.74, 6) is 1.04. The Labute approximate surface area is 174 Å². The summed E-state index contributed by atoms with van der Waals surface area (Å²) < 4.78 is 7.62. The molecule has 4 rings (SSSR count). The Balaban J connectivity index is 1.73. The number of thiophene rings is 2. The van der Waals surface area contributed by atoms with Gasteiger partial charge in [-0.2, -0.15) is 0 Å². The second-order valence-electron chi connectivity index (χ2n) is 6.81. The summed E-state index contributed by atoms with van der Waals surface area (Å²) in [6.45, 7) is 10.0. The molecule has 0 aromatic carbocycles. The third-order valence-electron chi connectivity index (χ3n) is 4.52. The first kappa shape index (κ1) is 19.4. The molecule has 0 aliphatic rings. The van der Waals surface area contributed by atoms with Gasteiger partial charge in [0.15, 0.2) is 5.16 Å². The van der Waals surface area contributed by atoms with Crippen LogP contribution in [0.15, 0.2) is 31.9 Å². The lowest BCUT2D eigenvalue weighted by atomic mass is 10.2. The summed E-state index contributed by atoms with van der Waals surface area (Å²) in [5.41, 5.74) is 1.04. The molecule has 4 aromatic heterocycles. The molecule has 0 saturated carbocycles. The Morgan fingerprint density at radius 1 is 1.21 bits per heavy atom. The Morgan fingerprint density at radius 2 is 2.00 bits per heavy atom. The minimum absolute atomic E-state index is 0.00284. The lowest BCUT2D eigenvalue weighted by Crippen LogP contribution is -2.25. The third kappa shape index (κ3) is 3.31. The molecule has 0 fully saturated rings. The number of hydrogen-bond acceptors (Lipinski definition) is 8.